The Morgan fingerprint density at radius 2 is 2.08 bits per heavy atom. The van der Waals surface area contributed by atoms with Crippen LogP contribution in [0.15, 0.2) is 35.4 Å². The number of imidazole rings is 1. The van der Waals surface area contributed by atoms with E-state index in [9.17, 15) is 0 Å². The first-order chi connectivity index (χ1) is 11.8. The van der Waals surface area contributed by atoms with Gasteiger partial charge in [-0.25, -0.2) is 4.98 Å². The summed E-state index contributed by atoms with van der Waals surface area (Å²) in [6.45, 7) is 8.23. The molecule has 128 valence electrons. The van der Waals surface area contributed by atoms with Gasteiger partial charge in [0.15, 0.2) is 7.55 Å². The number of methoxy groups -OCH3 is 1. The number of pyridine rings is 1. The van der Waals surface area contributed by atoms with Gasteiger partial charge < -0.3 is 4.74 Å². The molecule has 1 unspecified atom stereocenters. The third-order valence-electron chi connectivity index (χ3n) is 4.13. The molecule has 0 N–H and O–H groups in total. The van der Waals surface area contributed by atoms with Crippen LogP contribution in [0.1, 0.15) is 12.5 Å². The number of hydrogen-bond acceptors (Lipinski definition) is 3. The van der Waals surface area contributed by atoms with E-state index in [0.717, 1.165) is 49.2 Å². The van der Waals surface area contributed by atoms with E-state index in [-0.39, 0.29) is 0 Å². The lowest BCUT2D eigenvalue weighted by Crippen LogP contribution is -2.12. The van der Waals surface area contributed by atoms with Crippen molar-refractivity contribution in [3.8, 4) is 17.1 Å². The molecule has 0 aliphatic heterocycles. The molecule has 0 saturated carbocycles. The van der Waals surface area contributed by atoms with Crippen molar-refractivity contribution >= 4 is 51.8 Å². The standard InChI is InChI=1S/C19H20BrN3OP/c1-11(2)13-9-14(15-10-21-19(23(15)3)25(5)6)22-18-12(13)7-8-16(24-4)17(18)20/h7-10H,1,5H2,2-4,6H3/q+1. The number of benzene rings is 1. The Morgan fingerprint density at radius 1 is 1.36 bits per heavy atom. The van der Waals surface area contributed by atoms with Gasteiger partial charge in [-0.1, -0.05) is 12.2 Å². The van der Waals surface area contributed by atoms with Crippen LogP contribution >= 0.6 is 23.5 Å². The summed E-state index contributed by atoms with van der Waals surface area (Å²) in [7, 11) is 3.13. The van der Waals surface area contributed by atoms with E-state index in [2.05, 4.69) is 51.1 Å². The van der Waals surface area contributed by atoms with Crippen LogP contribution in [0.2, 0.25) is 0 Å². The summed E-state index contributed by atoms with van der Waals surface area (Å²) in [5, 5.41) is 1.04. The van der Waals surface area contributed by atoms with Gasteiger partial charge in [0.2, 0.25) is 0 Å². The van der Waals surface area contributed by atoms with Crippen LogP contribution < -0.4 is 10.3 Å². The topological polar surface area (TPSA) is 39.9 Å². The quantitative estimate of drug-likeness (QED) is 0.583. The zero-order valence-corrected chi connectivity index (χ0v) is 17.3. The van der Waals surface area contributed by atoms with Gasteiger partial charge in [-0.05, 0) is 46.6 Å². The van der Waals surface area contributed by atoms with Crippen molar-refractivity contribution in [3.05, 3.63) is 41.0 Å². The number of nitrogens with zero attached hydrogens (tertiary/aromatic N) is 3. The Labute approximate surface area is 157 Å². The summed E-state index contributed by atoms with van der Waals surface area (Å²) in [4.78, 5) is 9.42. The minimum atomic E-state index is -0.527. The molecule has 3 rings (SSSR count). The fourth-order valence-electron chi connectivity index (χ4n) is 2.87. The molecule has 0 radical (unpaired) electrons. The summed E-state index contributed by atoms with van der Waals surface area (Å²) in [5.41, 5.74) is 5.73. The van der Waals surface area contributed by atoms with E-state index >= 15 is 0 Å². The molecule has 4 nitrogen and oxygen atoms in total. The highest BCUT2D eigenvalue weighted by Crippen LogP contribution is 2.37. The highest BCUT2D eigenvalue weighted by molar-refractivity contribution is 9.10. The van der Waals surface area contributed by atoms with Gasteiger partial charge in [0.25, 0.3) is 0 Å². The predicted molar refractivity (Wildman–Crippen MR) is 113 cm³/mol. The van der Waals surface area contributed by atoms with Crippen molar-refractivity contribution in [2.24, 2.45) is 7.05 Å². The molecule has 3 aromatic rings. The number of aromatic nitrogens is 3. The van der Waals surface area contributed by atoms with Crippen LogP contribution in [0.4, 0.5) is 0 Å². The first-order valence-electron chi connectivity index (χ1n) is 7.74. The first kappa shape index (κ1) is 17.8. The Balaban J connectivity index is 2.35. The van der Waals surface area contributed by atoms with Gasteiger partial charge in [-0.2, -0.15) is 4.98 Å². The Morgan fingerprint density at radius 3 is 2.64 bits per heavy atom. The minimum absolute atomic E-state index is 0.527. The van der Waals surface area contributed by atoms with Crippen molar-refractivity contribution < 1.29 is 4.74 Å². The molecule has 6 heteroatoms. The first-order valence-corrected chi connectivity index (χ1v) is 10.5. The predicted octanol–water partition coefficient (Wildman–Crippen LogP) is 4.61. The second kappa shape index (κ2) is 6.74. The molecule has 0 saturated heterocycles. The van der Waals surface area contributed by atoms with E-state index in [1.54, 1.807) is 7.11 Å². The number of allylic oxidation sites excluding steroid dienone is 1. The van der Waals surface area contributed by atoms with Crippen LogP contribution in [0.25, 0.3) is 27.9 Å². The van der Waals surface area contributed by atoms with Gasteiger partial charge in [0.05, 0.1) is 41.0 Å². The molecule has 1 atom stereocenters. The number of rotatable bonds is 4. The molecule has 25 heavy (non-hydrogen) atoms. The zero-order chi connectivity index (χ0) is 18.3. The second-order valence-electron chi connectivity index (χ2n) is 6.01. The van der Waals surface area contributed by atoms with E-state index in [1.807, 2.05) is 32.3 Å². The molecule has 0 amide bonds. The molecule has 0 aliphatic rings. The lowest BCUT2D eigenvalue weighted by molar-refractivity contribution is 0.413. The molecular weight excluding hydrogens is 397 g/mol. The van der Waals surface area contributed by atoms with Crippen LogP contribution in [-0.2, 0) is 7.05 Å². The molecule has 0 aliphatic carbocycles. The average Bonchev–Trinajstić information content (AvgIpc) is 2.96. The average molecular weight is 417 g/mol. The second-order valence-corrected chi connectivity index (χ2v) is 8.60. The number of ether oxygens (including phenoxy) is 1. The van der Waals surface area contributed by atoms with Crippen LogP contribution in [0, 0.1) is 0 Å². The molecular formula is C19H20BrN3OP+. The maximum atomic E-state index is 5.43. The Hall–Kier alpha value is -1.97. The van der Waals surface area contributed by atoms with Gasteiger partial charge >= 0.3 is 5.57 Å². The van der Waals surface area contributed by atoms with E-state index in [1.165, 1.54) is 0 Å². The van der Waals surface area contributed by atoms with Crippen molar-refractivity contribution in [1.29, 1.82) is 0 Å². The van der Waals surface area contributed by atoms with Gasteiger partial charge in [-0.15, -0.1) is 0 Å². The zero-order valence-electron chi connectivity index (χ0n) is 14.8. The molecule has 2 aromatic heterocycles. The maximum Gasteiger partial charge on any atom is 0.314 e. The van der Waals surface area contributed by atoms with Crippen molar-refractivity contribution in [1.82, 2.24) is 14.5 Å². The molecule has 0 spiro atoms. The Kier molecular flexibility index (Phi) is 4.81. The highest BCUT2D eigenvalue weighted by atomic mass is 79.9. The summed E-state index contributed by atoms with van der Waals surface area (Å²) < 4.78 is 8.34. The van der Waals surface area contributed by atoms with Gasteiger partial charge in [0, 0.05) is 12.4 Å². The number of fused-ring (bicyclic) bond motifs is 1. The van der Waals surface area contributed by atoms with Gasteiger partial charge in [-0.3, -0.25) is 4.57 Å². The summed E-state index contributed by atoms with van der Waals surface area (Å²) in [6, 6.07) is 6.04. The minimum Gasteiger partial charge on any atom is -0.495 e. The van der Waals surface area contributed by atoms with Crippen molar-refractivity contribution in [2.75, 3.05) is 13.8 Å². The molecule has 1 aromatic carbocycles. The number of hydrogen-bond donors (Lipinski definition) is 0. The van der Waals surface area contributed by atoms with Crippen LogP contribution in [0.3, 0.4) is 0 Å². The lowest BCUT2D eigenvalue weighted by atomic mass is 10.0. The normalized spacial score (nSPS) is 11.6. The lowest BCUT2D eigenvalue weighted by Gasteiger charge is -2.13. The van der Waals surface area contributed by atoms with E-state index < -0.39 is 7.55 Å². The highest BCUT2D eigenvalue weighted by Gasteiger charge is 2.19. The SMILES string of the molecule is C=C(C)c1cc(-c2cnc([P+](=C)C)n2C)nc2c(Br)c(OC)ccc12. The summed E-state index contributed by atoms with van der Waals surface area (Å²) >= 11 is 3.63. The fraction of sp³-hybridized carbons (Fsp3) is 0.211. The summed E-state index contributed by atoms with van der Waals surface area (Å²) in [6.07, 6.45) is 6.00. The third kappa shape index (κ3) is 3.03. The Bertz CT molecular complexity index is 1020. The molecule has 0 bridgehead atoms. The largest absolute Gasteiger partial charge is 0.495 e. The fourth-order valence-corrected chi connectivity index (χ4v) is 4.35. The van der Waals surface area contributed by atoms with Crippen molar-refractivity contribution in [2.45, 2.75) is 6.92 Å². The smallest absolute Gasteiger partial charge is 0.314 e. The third-order valence-corrected chi connectivity index (χ3v) is 6.00. The van der Waals surface area contributed by atoms with Gasteiger partial charge in [0.1, 0.15) is 12.4 Å². The maximum absolute atomic E-state index is 5.43. The van der Waals surface area contributed by atoms with Crippen LogP contribution in [0.5, 0.6) is 5.75 Å². The van der Waals surface area contributed by atoms with Crippen LogP contribution in [-0.4, -0.2) is 34.6 Å². The van der Waals surface area contributed by atoms with Crippen molar-refractivity contribution in [3.63, 3.8) is 0 Å². The van der Waals surface area contributed by atoms with E-state index in [4.69, 9.17) is 9.72 Å². The summed E-state index contributed by atoms with van der Waals surface area (Å²) in [5.74, 6) is 0.755. The molecule has 0 fully saturated rings. The monoisotopic (exact) mass is 416 g/mol. The molecule has 2 heterocycles. The van der Waals surface area contributed by atoms with E-state index in [0.29, 0.717) is 0 Å². The number of halogens is 1.